The zero-order valence-electron chi connectivity index (χ0n) is 21.7. The number of nitrogens with zero attached hydrogens (tertiary/aromatic N) is 5. The number of halogens is 3. The van der Waals surface area contributed by atoms with Gasteiger partial charge in [0, 0.05) is 43.5 Å². The van der Waals surface area contributed by atoms with Gasteiger partial charge in [0.2, 0.25) is 10.0 Å². The Morgan fingerprint density at radius 1 is 0.923 bits per heavy atom. The minimum atomic E-state index is -5.01. The maximum Gasteiger partial charge on any atom is 0.471 e. The molecule has 2 aromatic carbocycles. The molecule has 1 saturated heterocycles. The van der Waals surface area contributed by atoms with Crippen molar-refractivity contribution < 1.29 is 26.4 Å². The smallest absolute Gasteiger partial charge is 0.352 e. The van der Waals surface area contributed by atoms with Crippen LogP contribution in [0.5, 0.6) is 0 Å². The highest BCUT2D eigenvalue weighted by Gasteiger charge is 2.47. The lowest BCUT2D eigenvalue weighted by atomic mass is 10.0. The molecule has 1 aromatic heterocycles. The number of carbonyl (C=O) groups is 1. The number of alkyl halides is 3. The van der Waals surface area contributed by atoms with Crippen molar-refractivity contribution in [2.45, 2.75) is 44.3 Å². The standard InChI is InChI=1S/C27H28F3N5O3S/c1-17-4-5-20(14-18(17)2)23-7-9-25(32-31-23)33-10-12-34(13-11-33)39(37,38)22-6-8-24-21(16-22)15-19(3)35(24)26(36)27(28,29)30/h4-9,14,16,19H,10-13,15H2,1-3H3. The van der Waals surface area contributed by atoms with Gasteiger partial charge in [-0.2, -0.15) is 17.5 Å². The van der Waals surface area contributed by atoms with Gasteiger partial charge in [0.15, 0.2) is 5.82 Å². The first kappa shape index (κ1) is 27.1. The van der Waals surface area contributed by atoms with Gasteiger partial charge in [0.05, 0.1) is 10.6 Å². The van der Waals surface area contributed by atoms with Crippen LogP contribution in [0.1, 0.15) is 23.6 Å². The molecule has 0 radical (unpaired) electrons. The van der Waals surface area contributed by atoms with Crippen molar-refractivity contribution in [1.29, 1.82) is 0 Å². The Bertz CT molecular complexity index is 1520. The number of aryl methyl sites for hydroxylation is 2. The van der Waals surface area contributed by atoms with Crippen molar-refractivity contribution >= 4 is 27.4 Å². The number of piperazine rings is 1. The third-order valence-corrected chi connectivity index (χ3v) is 9.28. The van der Waals surface area contributed by atoms with E-state index in [1.807, 2.05) is 43.0 Å². The van der Waals surface area contributed by atoms with Crippen LogP contribution in [0.3, 0.4) is 0 Å². The molecule has 0 bridgehead atoms. The normalized spacial score (nSPS) is 18.4. The van der Waals surface area contributed by atoms with Gasteiger partial charge in [0.1, 0.15) is 0 Å². The molecule has 1 atom stereocenters. The summed E-state index contributed by atoms with van der Waals surface area (Å²) in [6.07, 6.45) is -4.87. The number of rotatable bonds is 4. The Morgan fingerprint density at radius 2 is 1.64 bits per heavy atom. The summed E-state index contributed by atoms with van der Waals surface area (Å²) in [5, 5.41) is 8.72. The van der Waals surface area contributed by atoms with Crippen LogP contribution in [0.25, 0.3) is 11.3 Å². The summed E-state index contributed by atoms with van der Waals surface area (Å²) in [6.45, 7) is 6.85. The van der Waals surface area contributed by atoms with Crippen molar-refractivity contribution in [2.24, 2.45) is 0 Å². The molecule has 3 aromatic rings. The molecule has 206 valence electrons. The molecule has 12 heteroatoms. The van der Waals surface area contributed by atoms with Gasteiger partial charge in [-0.3, -0.25) is 4.79 Å². The lowest BCUT2D eigenvalue weighted by Crippen LogP contribution is -2.49. The molecule has 1 unspecified atom stereocenters. The van der Waals surface area contributed by atoms with Gasteiger partial charge >= 0.3 is 12.1 Å². The molecule has 0 saturated carbocycles. The van der Waals surface area contributed by atoms with E-state index in [1.54, 1.807) is 0 Å². The number of amides is 1. The van der Waals surface area contributed by atoms with E-state index in [4.69, 9.17) is 0 Å². The van der Waals surface area contributed by atoms with Crippen molar-refractivity contribution in [3.8, 4) is 11.3 Å². The molecular formula is C27H28F3N5O3S. The SMILES string of the molecule is Cc1ccc(-c2ccc(N3CCN(S(=O)(=O)c4ccc5c(c4)CC(C)N5C(=O)C(F)(F)F)CC3)nn2)cc1C. The lowest BCUT2D eigenvalue weighted by Gasteiger charge is -2.34. The van der Waals surface area contributed by atoms with E-state index in [1.165, 1.54) is 40.6 Å². The number of aromatic nitrogens is 2. The van der Waals surface area contributed by atoms with E-state index >= 15 is 0 Å². The van der Waals surface area contributed by atoms with Crippen LogP contribution < -0.4 is 9.80 Å². The number of sulfonamides is 1. The molecule has 0 aliphatic carbocycles. The second-order valence-corrected chi connectivity index (χ2v) is 11.9. The topological polar surface area (TPSA) is 86.7 Å². The van der Waals surface area contributed by atoms with E-state index in [2.05, 4.69) is 16.3 Å². The van der Waals surface area contributed by atoms with Crippen LogP contribution in [0.2, 0.25) is 0 Å². The molecule has 1 amide bonds. The van der Waals surface area contributed by atoms with Gasteiger partial charge in [-0.05, 0) is 80.3 Å². The minimum Gasteiger partial charge on any atom is -0.352 e. The molecular weight excluding hydrogens is 531 g/mol. The fourth-order valence-electron chi connectivity index (χ4n) is 5.07. The summed E-state index contributed by atoms with van der Waals surface area (Å²) in [4.78, 5) is 14.6. The second kappa shape index (κ2) is 9.91. The first-order chi connectivity index (χ1) is 18.4. The fourth-order valence-corrected chi connectivity index (χ4v) is 6.54. The summed E-state index contributed by atoms with van der Waals surface area (Å²) in [5.41, 5.74) is 4.59. The van der Waals surface area contributed by atoms with Crippen LogP contribution in [0.4, 0.5) is 24.7 Å². The molecule has 8 nitrogen and oxygen atoms in total. The van der Waals surface area contributed by atoms with Gasteiger partial charge in [-0.15, -0.1) is 10.2 Å². The summed E-state index contributed by atoms with van der Waals surface area (Å²) in [5.74, 6) is -1.30. The zero-order valence-corrected chi connectivity index (χ0v) is 22.6. The highest BCUT2D eigenvalue weighted by molar-refractivity contribution is 7.89. The van der Waals surface area contributed by atoms with Crippen LogP contribution in [0, 0.1) is 13.8 Å². The number of fused-ring (bicyclic) bond motifs is 1. The Balaban J connectivity index is 1.27. The van der Waals surface area contributed by atoms with Crippen molar-refractivity contribution in [1.82, 2.24) is 14.5 Å². The van der Waals surface area contributed by atoms with Crippen molar-refractivity contribution in [3.63, 3.8) is 0 Å². The number of benzene rings is 2. The molecule has 3 heterocycles. The Hall–Kier alpha value is -3.51. The maximum atomic E-state index is 13.4. The highest BCUT2D eigenvalue weighted by atomic mass is 32.2. The minimum absolute atomic E-state index is 0.000688. The Morgan fingerprint density at radius 3 is 2.26 bits per heavy atom. The van der Waals surface area contributed by atoms with E-state index < -0.39 is 28.1 Å². The fraction of sp³-hybridized carbons (Fsp3) is 0.370. The summed E-state index contributed by atoms with van der Waals surface area (Å²) >= 11 is 0. The first-order valence-electron chi connectivity index (χ1n) is 12.6. The van der Waals surface area contributed by atoms with Crippen LogP contribution >= 0.6 is 0 Å². The van der Waals surface area contributed by atoms with Gasteiger partial charge in [0.25, 0.3) is 0 Å². The van der Waals surface area contributed by atoms with Crippen LogP contribution in [-0.2, 0) is 21.2 Å². The van der Waals surface area contributed by atoms with Crippen LogP contribution in [-0.4, -0.2) is 67.2 Å². The van der Waals surface area contributed by atoms with Gasteiger partial charge in [-0.25, -0.2) is 8.42 Å². The van der Waals surface area contributed by atoms with E-state index in [9.17, 15) is 26.4 Å². The number of hydrogen-bond acceptors (Lipinski definition) is 6. The Labute approximate surface area is 225 Å². The molecule has 0 N–H and O–H groups in total. The summed E-state index contributed by atoms with van der Waals surface area (Å²) in [7, 11) is -3.88. The van der Waals surface area contributed by atoms with Crippen molar-refractivity contribution in [2.75, 3.05) is 36.0 Å². The molecule has 5 rings (SSSR count). The van der Waals surface area contributed by atoms with Crippen molar-refractivity contribution in [3.05, 3.63) is 65.2 Å². The molecule has 1 fully saturated rings. The molecule has 39 heavy (non-hydrogen) atoms. The third kappa shape index (κ3) is 5.10. The number of carbonyl (C=O) groups excluding carboxylic acids is 1. The summed E-state index contributed by atoms with van der Waals surface area (Å²) < 4.78 is 67.2. The quantitative estimate of drug-likeness (QED) is 0.478. The largest absolute Gasteiger partial charge is 0.471 e. The van der Waals surface area contributed by atoms with Gasteiger partial charge < -0.3 is 9.80 Å². The molecule has 0 spiro atoms. The van der Waals surface area contributed by atoms with E-state index in [-0.39, 0.29) is 30.1 Å². The first-order valence-corrected chi connectivity index (χ1v) is 14.0. The lowest BCUT2D eigenvalue weighted by molar-refractivity contribution is -0.170. The predicted octanol–water partition coefficient (Wildman–Crippen LogP) is 4.11. The average molecular weight is 560 g/mol. The van der Waals surface area contributed by atoms with E-state index in [0.29, 0.717) is 29.4 Å². The van der Waals surface area contributed by atoms with Gasteiger partial charge in [-0.1, -0.05) is 12.1 Å². The summed E-state index contributed by atoms with van der Waals surface area (Å²) in [6, 6.07) is 13.1. The predicted molar refractivity (Wildman–Crippen MR) is 141 cm³/mol. The third-order valence-electron chi connectivity index (χ3n) is 7.38. The number of anilines is 2. The van der Waals surface area contributed by atoms with Crippen LogP contribution in [0.15, 0.2) is 53.4 Å². The monoisotopic (exact) mass is 559 g/mol. The number of hydrogen-bond donors (Lipinski definition) is 0. The van der Waals surface area contributed by atoms with E-state index in [0.717, 1.165) is 11.3 Å². The second-order valence-electron chi connectivity index (χ2n) is 9.98. The zero-order chi connectivity index (χ0) is 28.1. The molecule has 2 aliphatic rings. The average Bonchev–Trinajstić information content (AvgIpc) is 3.24. The molecule has 2 aliphatic heterocycles. The maximum absolute atomic E-state index is 13.4. The highest BCUT2D eigenvalue weighted by Crippen LogP contribution is 2.37. The Kier molecular flexibility index (Phi) is 6.88.